The molecule has 7 nitrogen and oxygen atoms in total. The lowest BCUT2D eigenvalue weighted by atomic mass is 10.2. The van der Waals surface area contributed by atoms with E-state index in [-0.39, 0.29) is 16.6 Å². The summed E-state index contributed by atoms with van der Waals surface area (Å²) in [5.41, 5.74) is -0.278. The van der Waals surface area contributed by atoms with Crippen molar-refractivity contribution >= 4 is 8.32 Å². The number of rotatable bonds is 4. The highest BCUT2D eigenvalue weighted by Crippen LogP contribution is 2.37. The summed E-state index contributed by atoms with van der Waals surface area (Å²) in [6.07, 6.45) is 1.37. The first-order valence-corrected chi connectivity index (χ1v) is 11.2. The highest BCUT2D eigenvalue weighted by Gasteiger charge is 2.40. The Morgan fingerprint density at radius 3 is 2.58 bits per heavy atom. The fourth-order valence-electron chi connectivity index (χ4n) is 2.39. The molecular weight excluding hydrogens is 326 g/mol. The third-order valence-electron chi connectivity index (χ3n) is 5.19. The predicted molar refractivity (Wildman–Crippen MR) is 95.5 cm³/mol. The summed E-state index contributed by atoms with van der Waals surface area (Å²) in [5, 5.41) is 1.83. The van der Waals surface area contributed by atoms with Gasteiger partial charge >= 0.3 is 5.69 Å². The van der Waals surface area contributed by atoms with E-state index in [1.54, 1.807) is 12.0 Å². The monoisotopic (exact) mass is 355 g/mol. The number of hydrogen-bond donors (Lipinski definition) is 1. The molecule has 1 saturated heterocycles. The largest absolute Gasteiger partial charge is 0.415 e. The van der Waals surface area contributed by atoms with Gasteiger partial charge in [-0.2, -0.15) is 5.06 Å². The fraction of sp³-hybridized carbons (Fsp3) is 0.750. The summed E-state index contributed by atoms with van der Waals surface area (Å²) < 4.78 is 7.41. The van der Waals surface area contributed by atoms with E-state index in [0.29, 0.717) is 18.6 Å². The average Bonchev–Trinajstić information content (AvgIpc) is 2.81. The second-order valence-corrected chi connectivity index (χ2v) is 12.8. The summed E-state index contributed by atoms with van der Waals surface area (Å²) in [6.45, 7) is 13.2. The molecule has 24 heavy (non-hydrogen) atoms. The molecule has 0 spiro atoms. The van der Waals surface area contributed by atoms with Crippen LogP contribution in [0, 0.1) is 6.92 Å². The Bertz CT molecular complexity index is 704. The first-order chi connectivity index (χ1) is 10.9. The Morgan fingerprint density at radius 1 is 1.38 bits per heavy atom. The number of hydroxylamine groups is 2. The van der Waals surface area contributed by atoms with Gasteiger partial charge in [0.2, 0.25) is 0 Å². The third kappa shape index (κ3) is 3.71. The van der Waals surface area contributed by atoms with Crippen LogP contribution in [0.1, 0.15) is 39.0 Å². The minimum absolute atomic E-state index is 0.0101. The molecule has 0 unspecified atom stereocenters. The van der Waals surface area contributed by atoms with Crippen LogP contribution in [0.2, 0.25) is 18.1 Å². The summed E-state index contributed by atoms with van der Waals surface area (Å²) in [4.78, 5) is 32.6. The van der Waals surface area contributed by atoms with Crippen LogP contribution in [0.3, 0.4) is 0 Å². The Hall–Kier alpha value is -1.22. The maximum absolute atomic E-state index is 12.3. The lowest BCUT2D eigenvalue weighted by Crippen LogP contribution is -2.44. The van der Waals surface area contributed by atoms with E-state index >= 15 is 0 Å². The van der Waals surface area contributed by atoms with Crippen molar-refractivity contribution in [1.82, 2.24) is 14.6 Å². The summed E-state index contributed by atoms with van der Waals surface area (Å²) >= 11 is 0. The number of nitrogens with zero attached hydrogens (tertiary/aromatic N) is 2. The van der Waals surface area contributed by atoms with E-state index in [4.69, 9.17) is 9.26 Å². The van der Waals surface area contributed by atoms with Crippen molar-refractivity contribution in [2.45, 2.75) is 64.5 Å². The van der Waals surface area contributed by atoms with Crippen molar-refractivity contribution in [3.63, 3.8) is 0 Å². The molecule has 0 bridgehead atoms. The molecule has 1 aromatic rings. The quantitative estimate of drug-likeness (QED) is 0.836. The number of aromatic amines is 1. The fourth-order valence-corrected chi connectivity index (χ4v) is 3.44. The van der Waals surface area contributed by atoms with Crippen LogP contribution in [0.4, 0.5) is 0 Å². The van der Waals surface area contributed by atoms with E-state index in [2.05, 4.69) is 38.8 Å². The molecule has 0 aliphatic carbocycles. The average molecular weight is 356 g/mol. The number of hydrogen-bond acceptors (Lipinski definition) is 5. The van der Waals surface area contributed by atoms with Crippen LogP contribution in [0.15, 0.2) is 15.8 Å². The number of likely N-dealkylation sites (N-methyl/N-ethyl adjacent to an activating group) is 1. The Balaban J connectivity index is 2.13. The summed E-state index contributed by atoms with van der Waals surface area (Å²) in [5.74, 6) is 0. The zero-order valence-corrected chi connectivity index (χ0v) is 16.7. The number of H-pyrrole nitrogens is 1. The lowest BCUT2D eigenvalue weighted by molar-refractivity contribution is -0.170. The Morgan fingerprint density at radius 2 is 2.00 bits per heavy atom. The van der Waals surface area contributed by atoms with Gasteiger partial charge in [0.25, 0.3) is 5.56 Å². The van der Waals surface area contributed by atoms with E-state index in [1.807, 2.05) is 7.05 Å². The first kappa shape index (κ1) is 19.1. The molecule has 0 aromatic carbocycles. The van der Waals surface area contributed by atoms with Crippen molar-refractivity contribution in [3.8, 4) is 0 Å². The zero-order valence-electron chi connectivity index (χ0n) is 15.7. The Kier molecular flexibility index (Phi) is 5.24. The van der Waals surface area contributed by atoms with Crippen LogP contribution >= 0.6 is 0 Å². The van der Waals surface area contributed by atoms with Gasteiger partial charge in [-0.3, -0.25) is 9.63 Å². The second-order valence-electron chi connectivity index (χ2n) is 8.02. The molecule has 2 rings (SSSR count). The Labute approximate surface area is 143 Å². The van der Waals surface area contributed by atoms with Gasteiger partial charge in [-0.15, -0.1) is 0 Å². The van der Waals surface area contributed by atoms with Gasteiger partial charge in [-0.05, 0) is 25.1 Å². The lowest BCUT2D eigenvalue weighted by Gasteiger charge is -2.37. The van der Waals surface area contributed by atoms with Crippen molar-refractivity contribution < 1.29 is 9.26 Å². The molecule has 0 radical (unpaired) electrons. The highest BCUT2D eigenvalue weighted by molar-refractivity contribution is 6.74. The molecule has 8 heteroatoms. The van der Waals surface area contributed by atoms with Gasteiger partial charge in [0, 0.05) is 25.2 Å². The van der Waals surface area contributed by atoms with E-state index in [0.717, 1.165) is 4.57 Å². The van der Waals surface area contributed by atoms with Crippen LogP contribution < -0.4 is 11.2 Å². The molecule has 2 heterocycles. The van der Waals surface area contributed by atoms with Gasteiger partial charge in [0.05, 0.1) is 12.6 Å². The van der Waals surface area contributed by atoms with E-state index in [9.17, 15) is 9.59 Å². The van der Waals surface area contributed by atoms with Gasteiger partial charge in [0.15, 0.2) is 14.5 Å². The van der Waals surface area contributed by atoms with Gasteiger partial charge < -0.3 is 9.41 Å². The number of aryl methyl sites for hydroxylation is 1. The second kappa shape index (κ2) is 6.59. The maximum atomic E-state index is 12.3. The van der Waals surface area contributed by atoms with Gasteiger partial charge in [-0.25, -0.2) is 9.36 Å². The van der Waals surface area contributed by atoms with Crippen molar-refractivity contribution in [2.24, 2.45) is 0 Å². The molecule has 1 aliphatic heterocycles. The standard InChI is InChI=1S/C16H29N3O4Si/c1-11-9-17-15(21)19(14(11)20)13-8-12(18(5)23-13)10-22-24(6,7)16(2,3)4/h9,12-13H,8,10H2,1-7H3,(H,17,21)/t12-,13-/m1/s1. The molecular formula is C16H29N3O4Si. The van der Waals surface area contributed by atoms with Crippen LogP contribution in [0.5, 0.6) is 0 Å². The number of aromatic nitrogens is 2. The SMILES string of the molecule is Cc1c[nH]c(=O)n([C@H]2C[C@H](CO[Si](C)(C)C(C)(C)C)N(C)O2)c1=O. The third-order valence-corrected chi connectivity index (χ3v) is 9.69. The molecule has 1 aromatic heterocycles. The zero-order chi connectivity index (χ0) is 18.3. The van der Waals surface area contributed by atoms with Gasteiger partial charge in [0.1, 0.15) is 0 Å². The predicted octanol–water partition coefficient (Wildman–Crippen LogP) is 2.00. The molecule has 2 atom stereocenters. The normalized spacial score (nSPS) is 23.0. The minimum Gasteiger partial charge on any atom is -0.415 e. The van der Waals surface area contributed by atoms with Crippen LogP contribution in [-0.2, 0) is 9.26 Å². The topological polar surface area (TPSA) is 76.6 Å². The van der Waals surface area contributed by atoms with Crippen LogP contribution in [-0.4, -0.2) is 42.6 Å². The molecule has 0 amide bonds. The molecule has 1 fully saturated rings. The van der Waals surface area contributed by atoms with Gasteiger partial charge in [-0.1, -0.05) is 20.8 Å². The van der Waals surface area contributed by atoms with Crippen molar-refractivity contribution in [1.29, 1.82) is 0 Å². The smallest absolute Gasteiger partial charge is 0.330 e. The summed E-state index contributed by atoms with van der Waals surface area (Å²) in [7, 11) is -0.0386. The summed E-state index contributed by atoms with van der Waals surface area (Å²) in [6, 6.07) is 0.0101. The highest BCUT2D eigenvalue weighted by atomic mass is 28.4. The maximum Gasteiger partial charge on any atom is 0.330 e. The minimum atomic E-state index is -1.85. The number of nitrogens with one attached hydrogen (secondary N) is 1. The van der Waals surface area contributed by atoms with Crippen molar-refractivity contribution in [2.75, 3.05) is 13.7 Å². The molecule has 136 valence electrons. The van der Waals surface area contributed by atoms with Crippen molar-refractivity contribution in [3.05, 3.63) is 32.6 Å². The van der Waals surface area contributed by atoms with Crippen LogP contribution in [0.25, 0.3) is 0 Å². The molecule has 1 N–H and O–H groups in total. The molecule has 0 saturated carbocycles. The van der Waals surface area contributed by atoms with E-state index < -0.39 is 20.2 Å². The first-order valence-electron chi connectivity index (χ1n) is 8.28. The van der Waals surface area contributed by atoms with E-state index in [1.165, 1.54) is 6.20 Å². The molecule has 1 aliphatic rings.